The monoisotopic (exact) mass is 532 g/mol. The molecule has 9 heteroatoms. The van der Waals surface area contributed by atoms with Crippen LogP contribution in [-0.2, 0) is 0 Å². The van der Waals surface area contributed by atoms with Gasteiger partial charge in [-0.05, 0) is 55.1 Å². The van der Waals surface area contributed by atoms with E-state index in [9.17, 15) is 9.59 Å². The lowest BCUT2D eigenvalue weighted by Crippen LogP contribution is -2.32. The number of amides is 1. The fraction of sp³-hybridized carbons (Fsp3) is 0.100. The molecule has 0 spiro atoms. The molecule has 8 nitrogen and oxygen atoms in total. The Bertz CT molecular complexity index is 1910. The van der Waals surface area contributed by atoms with Gasteiger partial charge in [-0.1, -0.05) is 42.5 Å². The van der Waals surface area contributed by atoms with Crippen molar-refractivity contribution < 1.29 is 4.79 Å². The van der Waals surface area contributed by atoms with E-state index in [2.05, 4.69) is 20.4 Å². The van der Waals surface area contributed by atoms with E-state index in [1.807, 2.05) is 79.1 Å². The summed E-state index contributed by atoms with van der Waals surface area (Å²) in [5.74, 6) is -0.305. The van der Waals surface area contributed by atoms with Crippen molar-refractivity contribution in [3.8, 4) is 5.69 Å². The predicted octanol–water partition coefficient (Wildman–Crippen LogP) is 5.46. The van der Waals surface area contributed by atoms with Crippen molar-refractivity contribution in [2.45, 2.75) is 19.9 Å². The van der Waals surface area contributed by atoms with Gasteiger partial charge in [-0.3, -0.25) is 14.2 Å². The summed E-state index contributed by atoms with van der Waals surface area (Å²) in [6.07, 6.45) is 8.97. The Morgan fingerprint density at radius 3 is 2.67 bits per heavy atom. The second-order valence-corrected chi connectivity index (χ2v) is 10.0. The molecule has 1 N–H and O–H groups in total. The molecule has 0 saturated carbocycles. The fourth-order valence-electron chi connectivity index (χ4n) is 4.79. The van der Waals surface area contributed by atoms with Gasteiger partial charge in [0.2, 0.25) is 0 Å². The highest BCUT2D eigenvalue weighted by atomic mass is 32.1. The van der Waals surface area contributed by atoms with E-state index in [0.29, 0.717) is 33.7 Å². The van der Waals surface area contributed by atoms with Crippen molar-refractivity contribution in [3.63, 3.8) is 0 Å². The minimum atomic E-state index is -0.498. The Morgan fingerprint density at radius 2 is 1.87 bits per heavy atom. The summed E-state index contributed by atoms with van der Waals surface area (Å²) in [6.45, 7) is 3.66. The molecule has 39 heavy (non-hydrogen) atoms. The third-order valence-electron chi connectivity index (χ3n) is 6.57. The van der Waals surface area contributed by atoms with Crippen molar-refractivity contribution >= 4 is 45.8 Å². The number of carbonyl (C=O) groups excluding carboxylic acids is 1. The zero-order valence-corrected chi connectivity index (χ0v) is 22.1. The molecule has 0 saturated heterocycles. The van der Waals surface area contributed by atoms with Crippen LogP contribution in [-0.4, -0.2) is 30.1 Å². The van der Waals surface area contributed by atoms with Crippen LogP contribution in [0.25, 0.3) is 34.3 Å². The quantitative estimate of drug-likeness (QED) is 0.307. The smallest absolute Gasteiger partial charge is 0.263 e. The Labute approximate surface area is 227 Å². The summed E-state index contributed by atoms with van der Waals surface area (Å²) in [6, 6.07) is 18.5. The summed E-state index contributed by atoms with van der Waals surface area (Å²) >= 11 is 1.53. The number of para-hydroxylation sites is 1. The number of rotatable bonds is 6. The molecule has 0 aliphatic carbocycles. The molecule has 0 bridgehead atoms. The van der Waals surface area contributed by atoms with E-state index in [1.54, 1.807) is 40.7 Å². The van der Waals surface area contributed by atoms with Crippen molar-refractivity contribution in [2.24, 2.45) is 0 Å². The number of nitrogens with zero attached hydrogens (tertiary/aromatic N) is 5. The van der Waals surface area contributed by atoms with Crippen molar-refractivity contribution in [1.82, 2.24) is 29.5 Å². The van der Waals surface area contributed by atoms with Crippen molar-refractivity contribution in [1.29, 1.82) is 0 Å². The van der Waals surface area contributed by atoms with Crippen LogP contribution in [0.2, 0.25) is 0 Å². The second-order valence-electron chi connectivity index (χ2n) is 9.10. The predicted molar refractivity (Wildman–Crippen MR) is 154 cm³/mol. The number of hydrogen-bond acceptors (Lipinski definition) is 6. The summed E-state index contributed by atoms with van der Waals surface area (Å²) in [7, 11) is 0. The molecule has 4 aromatic heterocycles. The molecule has 1 amide bonds. The van der Waals surface area contributed by atoms with Gasteiger partial charge in [0.05, 0.1) is 17.1 Å². The molecule has 0 aliphatic heterocycles. The number of nitrogens with one attached hydrogen (secondary N) is 1. The largest absolute Gasteiger partial charge is 0.344 e. The highest BCUT2D eigenvalue weighted by Crippen LogP contribution is 2.25. The first-order valence-corrected chi connectivity index (χ1v) is 13.3. The fourth-order valence-corrected chi connectivity index (χ4v) is 5.32. The number of pyridine rings is 1. The Balaban J connectivity index is 1.47. The minimum Gasteiger partial charge on any atom is -0.344 e. The van der Waals surface area contributed by atoms with Gasteiger partial charge in [-0.25, -0.2) is 14.5 Å². The molecule has 0 fully saturated rings. The SMILES string of the molecule is Cc1nn2cccnc2c1C(=O)NC(C)c1cc2cccc(/C=C/c3nccs3)c2c(=O)n1-c1ccccc1. The first-order valence-electron chi connectivity index (χ1n) is 12.4. The lowest BCUT2D eigenvalue weighted by molar-refractivity contribution is 0.0939. The van der Waals surface area contributed by atoms with Crippen molar-refractivity contribution in [3.05, 3.63) is 123 Å². The summed E-state index contributed by atoms with van der Waals surface area (Å²) in [5.41, 5.74) is 3.48. The average Bonchev–Trinajstić information content (AvgIpc) is 3.59. The highest BCUT2D eigenvalue weighted by Gasteiger charge is 2.23. The minimum absolute atomic E-state index is 0.164. The summed E-state index contributed by atoms with van der Waals surface area (Å²) < 4.78 is 3.26. The molecule has 2 aromatic carbocycles. The third-order valence-corrected chi connectivity index (χ3v) is 7.31. The summed E-state index contributed by atoms with van der Waals surface area (Å²) in [5, 5.41) is 11.6. The Hall–Kier alpha value is -4.89. The van der Waals surface area contributed by atoms with Gasteiger partial charge in [0.1, 0.15) is 10.6 Å². The molecule has 1 atom stereocenters. The van der Waals surface area contributed by atoms with Crippen LogP contribution in [0, 0.1) is 6.92 Å². The third kappa shape index (κ3) is 4.53. The number of aryl methyl sites for hydroxylation is 1. The van der Waals surface area contributed by atoms with Gasteiger partial charge in [0, 0.05) is 35.4 Å². The molecule has 192 valence electrons. The topological polar surface area (TPSA) is 94.2 Å². The molecular weight excluding hydrogens is 508 g/mol. The van der Waals surface area contributed by atoms with E-state index < -0.39 is 6.04 Å². The number of thiazole rings is 1. The van der Waals surface area contributed by atoms with Gasteiger partial charge in [0.15, 0.2) is 5.65 Å². The Kier molecular flexibility index (Phi) is 6.34. The van der Waals surface area contributed by atoms with Crippen LogP contribution in [0.15, 0.2) is 89.4 Å². The second kappa shape index (κ2) is 10.1. The summed E-state index contributed by atoms with van der Waals surface area (Å²) in [4.78, 5) is 36.3. The van der Waals surface area contributed by atoms with Crippen LogP contribution >= 0.6 is 11.3 Å². The lowest BCUT2D eigenvalue weighted by atomic mass is 10.0. The maximum atomic E-state index is 14.2. The molecule has 0 radical (unpaired) electrons. The number of benzene rings is 2. The Morgan fingerprint density at radius 1 is 1.03 bits per heavy atom. The maximum Gasteiger partial charge on any atom is 0.263 e. The maximum absolute atomic E-state index is 14.2. The number of hydrogen-bond donors (Lipinski definition) is 1. The molecule has 4 heterocycles. The molecule has 0 aliphatic rings. The van der Waals surface area contributed by atoms with E-state index in [0.717, 1.165) is 16.0 Å². The highest BCUT2D eigenvalue weighted by molar-refractivity contribution is 7.10. The van der Waals surface area contributed by atoms with Gasteiger partial charge in [-0.2, -0.15) is 5.10 Å². The van der Waals surface area contributed by atoms with Crippen LogP contribution < -0.4 is 10.9 Å². The van der Waals surface area contributed by atoms with Crippen LogP contribution in [0.5, 0.6) is 0 Å². The zero-order valence-electron chi connectivity index (χ0n) is 21.3. The van der Waals surface area contributed by atoms with E-state index in [-0.39, 0.29) is 11.5 Å². The van der Waals surface area contributed by atoms with Crippen molar-refractivity contribution in [2.75, 3.05) is 0 Å². The number of carbonyl (C=O) groups is 1. The van der Waals surface area contributed by atoms with E-state index >= 15 is 0 Å². The lowest BCUT2D eigenvalue weighted by Gasteiger charge is -2.21. The average molecular weight is 533 g/mol. The van der Waals surface area contributed by atoms with Gasteiger partial charge in [-0.15, -0.1) is 11.3 Å². The van der Waals surface area contributed by atoms with Gasteiger partial charge < -0.3 is 5.32 Å². The first kappa shape index (κ1) is 24.4. The van der Waals surface area contributed by atoms with E-state index in [1.165, 1.54) is 11.3 Å². The standard InChI is InChI=1S/C30H24N6O2S/c1-19(33-29(37)26-20(2)34-35-16-7-14-32-28(26)35)24-18-22-9-6-8-21(12-13-25-31-15-17-39-25)27(22)30(38)36(24)23-10-4-3-5-11-23/h3-19H,1-2H3,(H,33,37)/b13-12+. The normalized spacial score (nSPS) is 12.4. The van der Waals surface area contributed by atoms with Crippen LogP contribution in [0.3, 0.4) is 0 Å². The van der Waals surface area contributed by atoms with E-state index in [4.69, 9.17) is 0 Å². The number of aromatic nitrogens is 5. The molecular formula is C30H24N6O2S. The molecule has 6 aromatic rings. The number of fused-ring (bicyclic) bond motifs is 2. The molecule has 6 rings (SSSR count). The van der Waals surface area contributed by atoms with Crippen LogP contribution in [0.4, 0.5) is 0 Å². The van der Waals surface area contributed by atoms with Gasteiger partial charge in [0.25, 0.3) is 11.5 Å². The zero-order chi connectivity index (χ0) is 26.9. The van der Waals surface area contributed by atoms with Crippen LogP contribution in [0.1, 0.15) is 45.3 Å². The van der Waals surface area contributed by atoms with Gasteiger partial charge >= 0.3 is 0 Å². The first-order chi connectivity index (χ1) is 19.0. The molecule has 1 unspecified atom stereocenters.